The topological polar surface area (TPSA) is 58.7 Å². The number of hydrogen-bond acceptors (Lipinski definition) is 3. The molecule has 1 aromatic carbocycles. The molecule has 1 heterocycles. The predicted octanol–water partition coefficient (Wildman–Crippen LogP) is 2.43. The second-order valence-corrected chi connectivity index (χ2v) is 4.07. The molecular formula is C13H8F3N3O. The van der Waals surface area contributed by atoms with Gasteiger partial charge in [-0.05, 0) is 31.2 Å². The number of aryl methyl sites for hydroxylation is 1. The Balaban J connectivity index is 2.53. The standard InChI is InChI=1S/C13H8F3N3O/c1-8-6-12(20)11(7-17)18-19(8)10-4-2-9(3-5-10)13(14,15)16/h2-6H,1H3. The van der Waals surface area contributed by atoms with Gasteiger partial charge in [0.05, 0.1) is 11.3 Å². The van der Waals surface area contributed by atoms with Gasteiger partial charge in [0.15, 0.2) is 0 Å². The zero-order chi connectivity index (χ0) is 14.9. The summed E-state index contributed by atoms with van der Waals surface area (Å²) >= 11 is 0. The predicted molar refractivity (Wildman–Crippen MR) is 64.3 cm³/mol. The fourth-order valence-electron chi connectivity index (χ4n) is 1.68. The van der Waals surface area contributed by atoms with Crippen molar-refractivity contribution in [3.8, 4) is 11.8 Å². The van der Waals surface area contributed by atoms with Gasteiger partial charge in [0.1, 0.15) is 6.07 Å². The molecule has 0 fully saturated rings. The van der Waals surface area contributed by atoms with Crippen molar-refractivity contribution in [1.29, 1.82) is 5.26 Å². The average Bonchev–Trinajstić information content (AvgIpc) is 2.38. The monoisotopic (exact) mass is 279 g/mol. The van der Waals surface area contributed by atoms with Gasteiger partial charge in [0.2, 0.25) is 11.1 Å². The second-order valence-electron chi connectivity index (χ2n) is 4.07. The lowest BCUT2D eigenvalue weighted by Gasteiger charge is -2.11. The van der Waals surface area contributed by atoms with Gasteiger partial charge in [-0.1, -0.05) is 0 Å². The zero-order valence-corrected chi connectivity index (χ0v) is 10.3. The molecule has 0 aliphatic carbocycles. The molecule has 0 bridgehead atoms. The van der Waals surface area contributed by atoms with Crippen molar-refractivity contribution in [2.24, 2.45) is 0 Å². The summed E-state index contributed by atoms with van der Waals surface area (Å²) in [4.78, 5) is 11.4. The molecule has 1 aromatic heterocycles. The summed E-state index contributed by atoms with van der Waals surface area (Å²) in [5, 5.41) is 12.6. The smallest absolute Gasteiger partial charge is 0.287 e. The summed E-state index contributed by atoms with van der Waals surface area (Å²) in [5.41, 5.74) is -0.843. The Bertz CT molecular complexity index is 739. The molecule has 0 saturated heterocycles. The van der Waals surface area contributed by atoms with Crippen LogP contribution in [-0.2, 0) is 6.18 Å². The summed E-state index contributed by atoms with van der Waals surface area (Å²) in [6.07, 6.45) is -4.41. The number of aromatic nitrogens is 2. The largest absolute Gasteiger partial charge is 0.416 e. The molecule has 20 heavy (non-hydrogen) atoms. The van der Waals surface area contributed by atoms with E-state index in [1.54, 1.807) is 13.0 Å². The van der Waals surface area contributed by atoms with Crippen molar-refractivity contribution >= 4 is 0 Å². The lowest BCUT2D eigenvalue weighted by atomic mass is 10.2. The Morgan fingerprint density at radius 2 is 1.85 bits per heavy atom. The third kappa shape index (κ3) is 2.54. The Labute approximate surface area is 111 Å². The molecule has 102 valence electrons. The first-order valence-electron chi connectivity index (χ1n) is 5.51. The first kappa shape index (κ1) is 13.8. The van der Waals surface area contributed by atoms with E-state index in [2.05, 4.69) is 5.10 Å². The Morgan fingerprint density at radius 3 is 2.35 bits per heavy atom. The molecule has 2 aromatic rings. The van der Waals surface area contributed by atoms with E-state index in [9.17, 15) is 18.0 Å². The molecule has 0 aliphatic rings. The van der Waals surface area contributed by atoms with Crippen LogP contribution in [0, 0.1) is 18.3 Å². The van der Waals surface area contributed by atoms with Gasteiger partial charge in [0.25, 0.3) is 0 Å². The highest BCUT2D eigenvalue weighted by Crippen LogP contribution is 2.29. The maximum Gasteiger partial charge on any atom is 0.416 e. The van der Waals surface area contributed by atoms with Gasteiger partial charge in [-0.25, -0.2) is 4.68 Å². The molecule has 0 spiro atoms. The van der Waals surface area contributed by atoms with E-state index in [0.717, 1.165) is 12.1 Å². The van der Waals surface area contributed by atoms with E-state index in [0.29, 0.717) is 11.4 Å². The van der Waals surface area contributed by atoms with Crippen molar-refractivity contribution in [2.45, 2.75) is 13.1 Å². The van der Waals surface area contributed by atoms with Gasteiger partial charge >= 0.3 is 6.18 Å². The number of benzene rings is 1. The minimum Gasteiger partial charge on any atom is -0.287 e. The molecular weight excluding hydrogens is 271 g/mol. The van der Waals surface area contributed by atoms with Crippen LogP contribution in [0.15, 0.2) is 35.1 Å². The van der Waals surface area contributed by atoms with Gasteiger partial charge in [-0.3, -0.25) is 4.79 Å². The molecule has 0 radical (unpaired) electrons. The lowest BCUT2D eigenvalue weighted by molar-refractivity contribution is -0.137. The fourth-order valence-corrected chi connectivity index (χ4v) is 1.68. The number of nitriles is 1. The molecule has 0 amide bonds. The normalized spacial score (nSPS) is 11.2. The quantitative estimate of drug-likeness (QED) is 0.805. The molecule has 0 unspecified atom stereocenters. The van der Waals surface area contributed by atoms with Crippen molar-refractivity contribution in [3.63, 3.8) is 0 Å². The molecule has 7 heteroatoms. The van der Waals surface area contributed by atoms with Crippen molar-refractivity contribution in [2.75, 3.05) is 0 Å². The van der Waals surface area contributed by atoms with Crippen LogP contribution in [0.3, 0.4) is 0 Å². The van der Waals surface area contributed by atoms with E-state index in [4.69, 9.17) is 5.26 Å². The van der Waals surface area contributed by atoms with Crippen molar-refractivity contribution in [1.82, 2.24) is 9.78 Å². The highest BCUT2D eigenvalue weighted by molar-refractivity contribution is 5.37. The molecule has 0 saturated carbocycles. The highest BCUT2D eigenvalue weighted by Gasteiger charge is 2.30. The molecule has 0 atom stereocenters. The SMILES string of the molecule is Cc1cc(=O)c(C#N)nn1-c1ccc(C(F)(F)F)cc1. The van der Waals surface area contributed by atoms with Crippen molar-refractivity contribution in [3.05, 3.63) is 57.5 Å². The molecule has 0 aliphatic heterocycles. The number of alkyl halides is 3. The van der Waals surface area contributed by atoms with E-state index >= 15 is 0 Å². The van der Waals surface area contributed by atoms with Crippen LogP contribution in [-0.4, -0.2) is 9.78 Å². The van der Waals surface area contributed by atoms with Gasteiger partial charge in [-0.2, -0.15) is 23.5 Å². The minimum absolute atomic E-state index is 0.310. The third-order valence-electron chi connectivity index (χ3n) is 2.65. The first-order chi connectivity index (χ1) is 9.32. The van der Waals surface area contributed by atoms with E-state index < -0.39 is 17.2 Å². The number of nitrogens with zero attached hydrogens (tertiary/aromatic N) is 3. The van der Waals surface area contributed by atoms with Crippen molar-refractivity contribution < 1.29 is 13.2 Å². The average molecular weight is 279 g/mol. The van der Waals surface area contributed by atoms with Crippen LogP contribution in [0.2, 0.25) is 0 Å². The fraction of sp³-hybridized carbons (Fsp3) is 0.154. The van der Waals surface area contributed by atoms with E-state index in [1.165, 1.54) is 22.9 Å². The zero-order valence-electron chi connectivity index (χ0n) is 10.3. The summed E-state index contributed by atoms with van der Waals surface area (Å²) in [7, 11) is 0. The Morgan fingerprint density at radius 1 is 1.25 bits per heavy atom. The summed E-state index contributed by atoms with van der Waals surface area (Å²) in [6, 6.07) is 7.15. The van der Waals surface area contributed by atoms with E-state index in [-0.39, 0.29) is 5.69 Å². The van der Waals surface area contributed by atoms with Gasteiger partial charge in [-0.15, -0.1) is 0 Å². The summed E-state index contributed by atoms with van der Waals surface area (Å²) < 4.78 is 38.6. The lowest BCUT2D eigenvalue weighted by Crippen LogP contribution is -2.17. The maximum absolute atomic E-state index is 12.5. The summed E-state index contributed by atoms with van der Waals surface area (Å²) in [5.74, 6) is 0. The number of rotatable bonds is 1. The second kappa shape index (κ2) is 4.81. The number of hydrogen-bond donors (Lipinski definition) is 0. The summed E-state index contributed by atoms with van der Waals surface area (Å²) in [6.45, 7) is 1.58. The van der Waals surface area contributed by atoms with Crippen LogP contribution in [0.4, 0.5) is 13.2 Å². The number of halogens is 3. The van der Waals surface area contributed by atoms with Gasteiger partial charge < -0.3 is 0 Å². The maximum atomic E-state index is 12.5. The Hall–Kier alpha value is -2.62. The molecule has 0 N–H and O–H groups in total. The molecule has 4 nitrogen and oxygen atoms in total. The first-order valence-corrected chi connectivity index (χ1v) is 5.51. The minimum atomic E-state index is -4.41. The van der Waals surface area contributed by atoms with Gasteiger partial charge in [0, 0.05) is 11.8 Å². The van der Waals surface area contributed by atoms with Crippen LogP contribution < -0.4 is 5.43 Å². The van der Waals surface area contributed by atoms with Crippen LogP contribution >= 0.6 is 0 Å². The third-order valence-corrected chi connectivity index (χ3v) is 2.65. The highest BCUT2D eigenvalue weighted by atomic mass is 19.4. The van der Waals surface area contributed by atoms with E-state index in [1.807, 2.05) is 0 Å². The van der Waals surface area contributed by atoms with Crippen LogP contribution in [0.25, 0.3) is 5.69 Å². The van der Waals surface area contributed by atoms with Crippen LogP contribution in [0.1, 0.15) is 17.0 Å². The van der Waals surface area contributed by atoms with Crippen LogP contribution in [0.5, 0.6) is 0 Å². The Kier molecular flexibility index (Phi) is 3.32. The molecule has 2 rings (SSSR count).